The van der Waals surface area contributed by atoms with Gasteiger partial charge in [-0.1, -0.05) is 6.07 Å². The van der Waals surface area contributed by atoms with Crippen LogP contribution in [0.2, 0.25) is 0 Å². The highest BCUT2D eigenvalue weighted by atomic mass is 32.2. The smallest absolute Gasteiger partial charge is 0.212 e. The SMILES string of the molecule is COCC1CCC2(CCN(Cc3cccs3)CC2)N1S(C)(=O)=O. The normalized spacial score (nSPS) is 26.1. The van der Waals surface area contributed by atoms with E-state index in [-0.39, 0.29) is 11.6 Å². The molecule has 0 N–H and O–H groups in total. The van der Waals surface area contributed by atoms with Crippen LogP contribution >= 0.6 is 11.3 Å². The molecule has 1 unspecified atom stereocenters. The van der Waals surface area contributed by atoms with E-state index in [9.17, 15) is 8.42 Å². The van der Waals surface area contributed by atoms with Crippen LogP contribution in [-0.4, -0.2) is 62.3 Å². The molecule has 23 heavy (non-hydrogen) atoms. The maximum atomic E-state index is 12.4. The van der Waals surface area contributed by atoms with Gasteiger partial charge in [0.15, 0.2) is 0 Å². The van der Waals surface area contributed by atoms with Crippen molar-refractivity contribution >= 4 is 21.4 Å². The summed E-state index contributed by atoms with van der Waals surface area (Å²) in [7, 11) is -1.56. The molecular formula is C16H26N2O3S2. The monoisotopic (exact) mass is 358 g/mol. The summed E-state index contributed by atoms with van der Waals surface area (Å²) in [5.41, 5.74) is -0.192. The Bertz CT molecular complexity index is 607. The summed E-state index contributed by atoms with van der Waals surface area (Å²) in [5.74, 6) is 0. The first-order valence-corrected chi connectivity index (χ1v) is 10.9. The molecule has 2 fully saturated rings. The van der Waals surface area contributed by atoms with E-state index in [0.29, 0.717) is 6.61 Å². The van der Waals surface area contributed by atoms with Gasteiger partial charge < -0.3 is 4.74 Å². The zero-order valence-corrected chi connectivity index (χ0v) is 15.5. The van der Waals surface area contributed by atoms with Crippen LogP contribution in [-0.2, 0) is 21.3 Å². The number of hydrogen-bond acceptors (Lipinski definition) is 5. The molecule has 130 valence electrons. The van der Waals surface area contributed by atoms with E-state index < -0.39 is 10.0 Å². The van der Waals surface area contributed by atoms with Gasteiger partial charge in [0.2, 0.25) is 10.0 Å². The second-order valence-electron chi connectivity index (χ2n) is 6.79. The number of ether oxygens (including phenoxy) is 1. The minimum atomic E-state index is -3.21. The first-order chi connectivity index (χ1) is 10.9. The fourth-order valence-corrected chi connectivity index (χ4v) is 6.67. The van der Waals surface area contributed by atoms with E-state index in [4.69, 9.17) is 4.74 Å². The van der Waals surface area contributed by atoms with Crippen molar-refractivity contribution in [3.05, 3.63) is 22.4 Å². The molecule has 5 nitrogen and oxygen atoms in total. The molecule has 2 aliphatic heterocycles. The lowest BCUT2D eigenvalue weighted by Crippen LogP contribution is -2.56. The number of thiophene rings is 1. The Morgan fingerprint density at radius 1 is 1.35 bits per heavy atom. The molecule has 3 rings (SSSR count). The molecule has 1 spiro atoms. The second kappa shape index (κ2) is 6.80. The number of rotatable bonds is 5. The number of methoxy groups -OCH3 is 1. The van der Waals surface area contributed by atoms with Crippen molar-refractivity contribution in [1.82, 2.24) is 9.21 Å². The third-order valence-electron chi connectivity index (χ3n) is 5.20. The fraction of sp³-hybridized carbons (Fsp3) is 0.750. The molecule has 3 heterocycles. The van der Waals surface area contributed by atoms with Crippen LogP contribution < -0.4 is 0 Å². The van der Waals surface area contributed by atoms with Gasteiger partial charge in [-0.05, 0) is 37.1 Å². The zero-order chi connectivity index (χ0) is 16.5. The van der Waals surface area contributed by atoms with Gasteiger partial charge in [0.1, 0.15) is 0 Å². The van der Waals surface area contributed by atoms with Crippen molar-refractivity contribution in [3.63, 3.8) is 0 Å². The Labute approximate surface area is 143 Å². The van der Waals surface area contributed by atoms with E-state index in [1.165, 1.54) is 11.1 Å². The van der Waals surface area contributed by atoms with E-state index >= 15 is 0 Å². The maximum Gasteiger partial charge on any atom is 0.212 e. The first kappa shape index (κ1) is 17.4. The molecular weight excluding hydrogens is 332 g/mol. The minimum Gasteiger partial charge on any atom is -0.383 e. The number of sulfonamides is 1. The van der Waals surface area contributed by atoms with Gasteiger partial charge in [-0.25, -0.2) is 8.42 Å². The predicted molar refractivity (Wildman–Crippen MR) is 93.1 cm³/mol. The Kier molecular flexibility index (Phi) is 5.13. The van der Waals surface area contributed by atoms with Crippen molar-refractivity contribution in [2.24, 2.45) is 0 Å². The standard InChI is InChI=1S/C16H26N2O3S2/c1-21-13-14-5-6-16(18(14)23(2,19)20)7-9-17(10-8-16)12-15-4-3-11-22-15/h3-4,11,14H,5-10,12-13H2,1-2H3. The van der Waals surface area contributed by atoms with Crippen LogP contribution in [0.5, 0.6) is 0 Å². The molecule has 1 aromatic heterocycles. The quantitative estimate of drug-likeness (QED) is 0.809. The maximum absolute atomic E-state index is 12.4. The van der Waals surface area contributed by atoms with E-state index in [2.05, 4.69) is 22.4 Å². The topological polar surface area (TPSA) is 49.9 Å². The van der Waals surface area contributed by atoms with Crippen molar-refractivity contribution in [3.8, 4) is 0 Å². The highest BCUT2D eigenvalue weighted by Crippen LogP contribution is 2.43. The van der Waals surface area contributed by atoms with Crippen molar-refractivity contribution in [1.29, 1.82) is 0 Å². The summed E-state index contributed by atoms with van der Waals surface area (Å²) in [6.45, 7) is 3.40. The number of nitrogens with zero attached hydrogens (tertiary/aromatic N) is 2. The van der Waals surface area contributed by atoms with Gasteiger partial charge in [0.05, 0.1) is 12.9 Å². The summed E-state index contributed by atoms with van der Waals surface area (Å²) in [6, 6.07) is 4.25. The van der Waals surface area contributed by atoms with Crippen molar-refractivity contribution in [2.75, 3.05) is 33.1 Å². The third kappa shape index (κ3) is 3.64. The molecule has 0 amide bonds. The van der Waals surface area contributed by atoms with Gasteiger partial charge >= 0.3 is 0 Å². The van der Waals surface area contributed by atoms with Crippen LogP contribution in [0.4, 0.5) is 0 Å². The lowest BCUT2D eigenvalue weighted by atomic mass is 9.86. The van der Waals surface area contributed by atoms with Crippen LogP contribution in [0.25, 0.3) is 0 Å². The summed E-state index contributed by atoms with van der Waals surface area (Å²) in [6.07, 6.45) is 5.06. The van der Waals surface area contributed by atoms with Crippen molar-refractivity contribution in [2.45, 2.75) is 43.8 Å². The minimum absolute atomic E-state index is 0.00107. The molecule has 0 saturated carbocycles. The third-order valence-corrected chi connectivity index (χ3v) is 7.47. The molecule has 0 radical (unpaired) electrons. The van der Waals surface area contributed by atoms with Crippen LogP contribution in [0.3, 0.4) is 0 Å². The number of likely N-dealkylation sites (tertiary alicyclic amines) is 1. The first-order valence-electron chi connectivity index (χ1n) is 8.18. The van der Waals surface area contributed by atoms with Gasteiger partial charge in [-0.3, -0.25) is 4.90 Å². The van der Waals surface area contributed by atoms with Gasteiger partial charge in [0.25, 0.3) is 0 Å². The Morgan fingerprint density at radius 2 is 2.09 bits per heavy atom. The lowest BCUT2D eigenvalue weighted by Gasteiger charge is -2.45. The fourth-order valence-electron chi connectivity index (χ4n) is 4.24. The zero-order valence-electron chi connectivity index (χ0n) is 13.9. The van der Waals surface area contributed by atoms with E-state index in [0.717, 1.165) is 45.3 Å². The molecule has 1 atom stereocenters. The van der Waals surface area contributed by atoms with Crippen LogP contribution in [0, 0.1) is 0 Å². The summed E-state index contributed by atoms with van der Waals surface area (Å²) in [4.78, 5) is 3.82. The van der Waals surface area contributed by atoms with Gasteiger partial charge in [0, 0.05) is 43.2 Å². The molecule has 0 aromatic carbocycles. The van der Waals surface area contributed by atoms with E-state index in [1.807, 2.05) is 0 Å². The van der Waals surface area contributed by atoms with Gasteiger partial charge in [-0.2, -0.15) is 4.31 Å². The molecule has 2 aliphatic rings. The molecule has 7 heteroatoms. The van der Waals surface area contributed by atoms with Crippen molar-refractivity contribution < 1.29 is 13.2 Å². The Hall–Kier alpha value is -0.470. The molecule has 1 aromatic rings. The lowest BCUT2D eigenvalue weighted by molar-refractivity contribution is 0.0661. The predicted octanol–water partition coefficient (Wildman–Crippen LogP) is 2.15. The molecule has 2 saturated heterocycles. The van der Waals surface area contributed by atoms with E-state index in [1.54, 1.807) is 22.8 Å². The largest absolute Gasteiger partial charge is 0.383 e. The Morgan fingerprint density at radius 3 is 2.65 bits per heavy atom. The Balaban J connectivity index is 1.70. The molecule has 0 aliphatic carbocycles. The van der Waals surface area contributed by atoms with Gasteiger partial charge in [-0.15, -0.1) is 11.3 Å². The van der Waals surface area contributed by atoms with Crippen LogP contribution in [0.15, 0.2) is 17.5 Å². The summed E-state index contributed by atoms with van der Waals surface area (Å²) >= 11 is 1.79. The highest BCUT2D eigenvalue weighted by molar-refractivity contribution is 7.88. The number of piperidine rings is 1. The second-order valence-corrected chi connectivity index (χ2v) is 9.68. The average Bonchev–Trinajstić information content (AvgIpc) is 3.10. The van der Waals surface area contributed by atoms with Crippen LogP contribution in [0.1, 0.15) is 30.6 Å². The number of hydrogen-bond donors (Lipinski definition) is 0. The summed E-state index contributed by atoms with van der Waals surface area (Å²) in [5, 5.41) is 2.11. The summed E-state index contributed by atoms with van der Waals surface area (Å²) < 4.78 is 31.8. The highest BCUT2D eigenvalue weighted by Gasteiger charge is 2.51. The molecule has 0 bridgehead atoms. The average molecular weight is 359 g/mol.